The molecule has 6 heteroatoms. The molecular weight excluding hydrogens is 264 g/mol. The smallest absolute Gasteiger partial charge is 0.196 e. The predicted octanol–water partition coefficient (Wildman–Crippen LogP) is 1.60. The topological polar surface area (TPSA) is 50.2 Å². The third-order valence-electron chi connectivity index (χ3n) is 3.30. The van der Waals surface area contributed by atoms with Crippen molar-refractivity contribution in [1.29, 1.82) is 0 Å². The molecule has 0 atom stereocenters. The molecule has 1 aromatic rings. The van der Waals surface area contributed by atoms with E-state index in [0.29, 0.717) is 17.3 Å². The molecule has 19 heavy (non-hydrogen) atoms. The Morgan fingerprint density at radius 1 is 1.47 bits per heavy atom. The lowest BCUT2D eigenvalue weighted by Gasteiger charge is -2.19. The van der Waals surface area contributed by atoms with Crippen LogP contribution >= 0.6 is 11.6 Å². The van der Waals surface area contributed by atoms with Gasteiger partial charge in [0, 0.05) is 19.1 Å². The van der Waals surface area contributed by atoms with Crippen LogP contribution < -0.4 is 5.32 Å². The lowest BCUT2D eigenvalue weighted by Crippen LogP contribution is -2.34. The molecule has 5 nitrogen and oxygen atoms in total. The Morgan fingerprint density at radius 2 is 2.26 bits per heavy atom. The van der Waals surface area contributed by atoms with E-state index in [-0.39, 0.29) is 11.8 Å². The summed E-state index contributed by atoms with van der Waals surface area (Å²) in [6.07, 6.45) is 2.63. The van der Waals surface area contributed by atoms with Crippen LogP contribution in [0.4, 0.5) is 0 Å². The highest BCUT2D eigenvalue weighted by molar-refractivity contribution is 6.33. The van der Waals surface area contributed by atoms with Gasteiger partial charge in [0.2, 0.25) is 0 Å². The number of nitrogens with zero attached hydrogens (tertiary/aromatic N) is 3. The summed E-state index contributed by atoms with van der Waals surface area (Å²) in [7, 11) is 0. The van der Waals surface area contributed by atoms with E-state index >= 15 is 0 Å². The second-order valence-corrected chi connectivity index (χ2v) is 5.59. The van der Waals surface area contributed by atoms with Gasteiger partial charge in [0.15, 0.2) is 5.78 Å². The summed E-state index contributed by atoms with van der Waals surface area (Å²) >= 11 is 6.10. The minimum absolute atomic E-state index is 0.0538. The highest BCUT2D eigenvalue weighted by Gasteiger charge is 2.21. The molecule has 2 rings (SSSR count). The number of hydrogen-bond acceptors (Lipinski definition) is 4. The highest BCUT2D eigenvalue weighted by Crippen LogP contribution is 2.19. The Labute approximate surface area is 118 Å². The molecule has 1 aliphatic rings. The van der Waals surface area contributed by atoms with Crippen molar-refractivity contribution < 1.29 is 4.79 Å². The third-order valence-corrected chi connectivity index (χ3v) is 3.58. The molecule has 1 aliphatic heterocycles. The Morgan fingerprint density at radius 3 is 3.00 bits per heavy atom. The van der Waals surface area contributed by atoms with Crippen molar-refractivity contribution in [3.8, 4) is 0 Å². The van der Waals surface area contributed by atoms with Crippen LogP contribution in [0.5, 0.6) is 0 Å². The van der Waals surface area contributed by atoms with Gasteiger partial charge in [-0.1, -0.05) is 11.6 Å². The molecule has 0 aromatic carbocycles. The van der Waals surface area contributed by atoms with E-state index in [9.17, 15) is 4.79 Å². The quantitative estimate of drug-likeness (QED) is 0.853. The SMILES string of the molecule is CC(C)n1ncc(Cl)c1C(=O)CN1CCCNCC1. The first-order valence-corrected chi connectivity index (χ1v) is 7.16. The van der Waals surface area contributed by atoms with Crippen LogP contribution in [0.3, 0.4) is 0 Å². The molecule has 1 aromatic heterocycles. The van der Waals surface area contributed by atoms with Crippen molar-refractivity contribution in [2.75, 3.05) is 32.7 Å². The largest absolute Gasteiger partial charge is 0.315 e. The number of ketones is 1. The van der Waals surface area contributed by atoms with Crippen LogP contribution in [0, 0.1) is 0 Å². The number of Topliss-reactive ketones (excluding diaryl/α,β-unsaturated/α-hetero) is 1. The first kappa shape index (κ1) is 14.5. The number of aromatic nitrogens is 2. The van der Waals surface area contributed by atoms with Crippen molar-refractivity contribution in [3.63, 3.8) is 0 Å². The molecule has 0 saturated carbocycles. The van der Waals surface area contributed by atoms with Gasteiger partial charge in [-0.15, -0.1) is 0 Å². The standard InChI is InChI=1S/C13H21ClN4O/c1-10(2)18-13(11(14)8-16-18)12(19)9-17-6-3-4-15-5-7-17/h8,10,15H,3-7,9H2,1-2H3. The molecule has 0 spiro atoms. The summed E-state index contributed by atoms with van der Waals surface area (Å²) in [4.78, 5) is 14.6. The van der Waals surface area contributed by atoms with Gasteiger partial charge in [0.05, 0.1) is 17.8 Å². The Bertz CT molecular complexity index is 436. The third kappa shape index (κ3) is 3.55. The van der Waals surface area contributed by atoms with Crippen LogP contribution in [0.2, 0.25) is 5.02 Å². The molecule has 0 unspecified atom stereocenters. The maximum absolute atomic E-state index is 12.4. The normalized spacial score (nSPS) is 17.7. The van der Waals surface area contributed by atoms with Crippen LogP contribution in [0.25, 0.3) is 0 Å². The maximum atomic E-state index is 12.4. The number of hydrogen-bond donors (Lipinski definition) is 1. The lowest BCUT2D eigenvalue weighted by molar-refractivity contribution is 0.0922. The molecule has 0 radical (unpaired) electrons. The monoisotopic (exact) mass is 284 g/mol. The summed E-state index contributed by atoms with van der Waals surface area (Å²) in [5.74, 6) is 0.0538. The van der Waals surface area contributed by atoms with E-state index in [1.54, 1.807) is 10.9 Å². The number of carbonyl (C=O) groups is 1. The summed E-state index contributed by atoms with van der Waals surface area (Å²) in [6.45, 7) is 8.22. The molecule has 1 saturated heterocycles. The fourth-order valence-corrected chi connectivity index (χ4v) is 2.57. The molecule has 0 aliphatic carbocycles. The number of rotatable bonds is 4. The van der Waals surface area contributed by atoms with Gasteiger partial charge in [-0.2, -0.15) is 5.10 Å². The van der Waals surface area contributed by atoms with Gasteiger partial charge in [-0.3, -0.25) is 14.4 Å². The molecule has 1 fully saturated rings. The number of nitrogens with one attached hydrogen (secondary N) is 1. The van der Waals surface area contributed by atoms with Crippen molar-refractivity contribution in [2.24, 2.45) is 0 Å². The Hall–Kier alpha value is -0.910. The lowest BCUT2D eigenvalue weighted by atomic mass is 10.2. The minimum atomic E-state index is 0.0538. The summed E-state index contributed by atoms with van der Waals surface area (Å²) in [5, 5.41) is 7.96. The van der Waals surface area contributed by atoms with E-state index in [2.05, 4.69) is 15.3 Å². The number of halogens is 1. The van der Waals surface area contributed by atoms with Gasteiger partial charge in [-0.25, -0.2) is 0 Å². The molecule has 2 heterocycles. The fraction of sp³-hybridized carbons (Fsp3) is 0.692. The van der Waals surface area contributed by atoms with E-state index in [1.807, 2.05) is 13.8 Å². The maximum Gasteiger partial charge on any atom is 0.196 e. The summed E-state index contributed by atoms with van der Waals surface area (Å²) in [6, 6.07) is 0.136. The first-order chi connectivity index (χ1) is 9.09. The van der Waals surface area contributed by atoms with Crippen LogP contribution in [-0.4, -0.2) is 53.2 Å². The Kier molecular flexibility index (Phi) is 4.96. The zero-order valence-electron chi connectivity index (χ0n) is 11.5. The van der Waals surface area contributed by atoms with Gasteiger partial charge >= 0.3 is 0 Å². The average Bonchev–Trinajstić information content (AvgIpc) is 2.58. The second kappa shape index (κ2) is 6.50. The van der Waals surface area contributed by atoms with Gasteiger partial charge in [-0.05, 0) is 33.4 Å². The predicted molar refractivity (Wildman–Crippen MR) is 75.9 cm³/mol. The van der Waals surface area contributed by atoms with E-state index in [4.69, 9.17) is 11.6 Å². The molecular formula is C13H21ClN4O. The van der Waals surface area contributed by atoms with E-state index < -0.39 is 0 Å². The summed E-state index contributed by atoms with van der Waals surface area (Å²) < 4.78 is 1.71. The zero-order chi connectivity index (χ0) is 13.8. The molecule has 106 valence electrons. The second-order valence-electron chi connectivity index (χ2n) is 5.18. The zero-order valence-corrected chi connectivity index (χ0v) is 12.3. The first-order valence-electron chi connectivity index (χ1n) is 6.79. The van der Waals surface area contributed by atoms with Crippen LogP contribution in [0.1, 0.15) is 36.8 Å². The van der Waals surface area contributed by atoms with Gasteiger partial charge in [0.25, 0.3) is 0 Å². The van der Waals surface area contributed by atoms with Gasteiger partial charge in [0.1, 0.15) is 5.69 Å². The molecule has 0 bridgehead atoms. The van der Waals surface area contributed by atoms with E-state index in [0.717, 1.165) is 32.6 Å². The van der Waals surface area contributed by atoms with Crippen molar-refractivity contribution in [2.45, 2.75) is 26.3 Å². The molecule has 1 N–H and O–H groups in total. The van der Waals surface area contributed by atoms with Crippen molar-refractivity contribution in [3.05, 3.63) is 16.9 Å². The van der Waals surface area contributed by atoms with Crippen molar-refractivity contribution >= 4 is 17.4 Å². The average molecular weight is 285 g/mol. The van der Waals surface area contributed by atoms with Crippen LogP contribution in [-0.2, 0) is 0 Å². The summed E-state index contributed by atoms with van der Waals surface area (Å²) in [5.41, 5.74) is 0.536. The minimum Gasteiger partial charge on any atom is -0.315 e. The van der Waals surface area contributed by atoms with Crippen LogP contribution in [0.15, 0.2) is 6.20 Å². The fourth-order valence-electron chi connectivity index (χ4n) is 2.33. The van der Waals surface area contributed by atoms with Crippen molar-refractivity contribution in [1.82, 2.24) is 20.0 Å². The van der Waals surface area contributed by atoms with Gasteiger partial charge < -0.3 is 5.32 Å². The number of carbonyl (C=O) groups excluding carboxylic acids is 1. The highest BCUT2D eigenvalue weighted by atomic mass is 35.5. The van der Waals surface area contributed by atoms with E-state index in [1.165, 1.54) is 0 Å². The Balaban J connectivity index is 2.08. The molecule has 0 amide bonds.